The van der Waals surface area contributed by atoms with Crippen LogP contribution in [0.4, 0.5) is 26.3 Å². The lowest BCUT2D eigenvalue weighted by Crippen LogP contribution is -2.66. The molecule has 0 aromatic rings. The number of alkyl halides is 6. The summed E-state index contributed by atoms with van der Waals surface area (Å²) in [5.41, 5.74) is -8.65. The molecule has 32 heavy (non-hydrogen) atoms. The number of ether oxygens (including phenoxy) is 2. The van der Waals surface area contributed by atoms with Gasteiger partial charge in [0.2, 0.25) is 0 Å². The molecule has 4 rings (SSSR count). The topological polar surface area (TPSA) is 110 Å². The van der Waals surface area contributed by atoms with Gasteiger partial charge in [0.15, 0.2) is 0 Å². The molecule has 0 N–H and O–H groups in total. The summed E-state index contributed by atoms with van der Waals surface area (Å²) < 4.78 is 124. The highest BCUT2D eigenvalue weighted by Crippen LogP contribution is 2.64. The van der Waals surface area contributed by atoms with Crippen LogP contribution in [-0.4, -0.2) is 54.2 Å². The molecule has 0 saturated heterocycles. The highest BCUT2D eigenvalue weighted by molar-refractivity contribution is 7.85. The summed E-state index contributed by atoms with van der Waals surface area (Å²) >= 11 is 0. The van der Waals surface area contributed by atoms with Gasteiger partial charge in [-0.1, -0.05) is 6.58 Å². The molecule has 0 aromatic carbocycles. The van der Waals surface area contributed by atoms with Gasteiger partial charge in [0.1, 0.15) is 5.60 Å². The molecule has 0 amide bonds. The van der Waals surface area contributed by atoms with Gasteiger partial charge in [-0.3, -0.25) is 4.79 Å². The monoisotopic (exact) mass is 493 g/mol. The minimum absolute atomic E-state index is 0.106. The maximum Gasteiger partial charge on any atom is 0.438 e. The van der Waals surface area contributed by atoms with E-state index < -0.39 is 56.8 Å². The van der Waals surface area contributed by atoms with Gasteiger partial charge in [0.25, 0.3) is 0 Å². The van der Waals surface area contributed by atoms with Crippen molar-refractivity contribution in [1.82, 2.24) is 0 Å². The van der Waals surface area contributed by atoms with E-state index in [1.165, 1.54) is 0 Å². The number of carbonyl (C=O) groups excluding carboxylic acids is 2. The maximum atomic E-state index is 13.5. The molecule has 0 heterocycles. The molecule has 4 fully saturated rings. The Bertz CT molecular complexity index is 895. The van der Waals surface area contributed by atoms with Gasteiger partial charge in [-0.2, -0.15) is 26.3 Å². The van der Waals surface area contributed by atoms with E-state index in [4.69, 9.17) is 4.74 Å². The number of rotatable bonds is 6. The summed E-state index contributed by atoms with van der Waals surface area (Å²) in [5, 5.41) is 0. The highest BCUT2D eigenvalue weighted by atomic mass is 32.2. The fourth-order valence-electron chi connectivity index (χ4n) is 5.78. The van der Waals surface area contributed by atoms with Crippen LogP contribution in [0.3, 0.4) is 0 Å². The van der Waals surface area contributed by atoms with Crippen LogP contribution >= 0.6 is 0 Å². The van der Waals surface area contributed by atoms with E-state index in [-0.39, 0.29) is 43.9 Å². The fraction of sp³-hybridized carbons (Fsp3) is 0.778. The summed E-state index contributed by atoms with van der Waals surface area (Å²) in [5.74, 6) is -6.46. The molecule has 2 atom stereocenters. The molecule has 4 saturated carbocycles. The third-order valence-electron chi connectivity index (χ3n) is 6.49. The molecular formula is C18H19F6O7S-. The molecule has 4 aliphatic carbocycles. The Morgan fingerprint density at radius 1 is 1.03 bits per heavy atom. The first kappa shape index (κ1) is 24.8. The SMILES string of the molecule is C=CC(=O)OC12CC3CC(C1)CC(C(=O)OC(CS(=O)(=O)[O-])(C(F)(F)F)C(F)(F)F)(C3)C2. The Hall–Kier alpha value is -1.83. The zero-order valence-electron chi connectivity index (χ0n) is 16.4. The number of carbonyl (C=O) groups is 2. The highest BCUT2D eigenvalue weighted by Gasteiger charge is 2.76. The Labute approximate surface area is 178 Å². The zero-order chi connectivity index (χ0) is 24.4. The zero-order valence-corrected chi connectivity index (χ0v) is 17.2. The molecule has 182 valence electrons. The van der Waals surface area contributed by atoms with Gasteiger partial charge >= 0.3 is 29.9 Å². The second-order valence-electron chi connectivity index (χ2n) is 8.96. The number of esters is 2. The predicted octanol–water partition coefficient (Wildman–Crippen LogP) is 3.01. The van der Waals surface area contributed by atoms with Gasteiger partial charge in [0, 0.05) is 12.5 Å². The van der Waals surface area contributed by atoms with Crippen molar-refractivity contribution in [2.24, 2.45) is 17.3 Å². The van der Waals surface area contributed by atoms with Crippen molar-refractivity contribution >= 4 is 22.1 Å². The van der Waals surface area contributed by atoms with Gasteiger partial charge in [-0.15, -0.1) is 0 Å². The number of hydrogen-bond donors (Lipinski definition) is 0. The maximum absolute atomic E-state index is 13.5. The summed E-state index contributed by atoms with van der Waals surface area (Å²) in [6.07, 6.45) is -11.5. The minimum Gasteiger partial charge on any atom is -0.748 e. The van der Waals surface area contributed by atoms with Crippen LogP contribution in [0.5, 0.6) is 0 Å². The van der Waals surface area contributed by atoms with Gasteiger partial charge in [-0.05, 0) is 43.9 Å². The van der Waals surface area contributed by atoms with E-state index in [9.17, 15) is 48.9 Å². The van der Waals surface area contributed by atoms with E-state index in [2.05, 4.69) is 11.3 Å². The summed E-state index contributed by atoms with van der Waals surface area (Å²) in [4.78, 5) is 24.7. The lowest BCUT2D eigenvalue weighted by atomic mass is 9.48. The largest absolute Gasteiger partial charge is 0.748 e. The van der Waals surface area contributed by atoms with Crippen LogP contribution < -0.4 is 0 Å². The Morgan fingerprint density at radius 3 is 1.94 bits per heavy atom. The van der Waals surface area contributed by atoms with Crippen molar-refractivity contribution in [2.45, 2.75) is 62.1 Å². The Morgan fingerprint density at radius 2 is 1.53 bits per heavy atom. The molecular weight excluding hydrogens is 474 g/mol. The van der Waals surface area contributed by atoms with Crippen molar-refractivity contribution in [3.8, 4) is 0 Å². The standard InChI is InChI=1S/C18H20F6O7S/c1-2-12(25)30-15-6-10-3-11(7-15)5-14(4-10,8-15)13(26)31-16(17(19,20)21,18(22,23)24)9-32(27,28)29/h2,10-11H,1,3-9H2,(H,27,28,29)/p-1. The average molecular weight is 493 g/mol. The fourth-order valence-corrected chi connectivity index (χ4v) is 6.66. The molecule has 0 aliphatic heterocycles. The molecule has 4 aliphatic rings. The van der Waals surface area contributed by atoms with Crippen LogP contribution in [0.25, 0.3) is 0 Å². The summed E-state index contributed by atoms with van der Waals surface area (Å²) in [6.45, 7) is 3.25. The van der Waals surface area contributed by atoms with Crippen LogP contribution in [0.1, 0.15) is 38.5 Å². The van der Waals surface area contributed by atoms with E-state index in [0.717, 1.165) is 6.08 Å². The molecule has 0 aromatic heterocycles. The van der Waals surface area contributed by atoms with Gasteiger partial charge < -0.3 is 14.0 Å². The van der Waals surface area contributed by atoms with Crippen molar-refractivity contribution < 1.29 is 58.4 Å². The van der Waals surface area contributed by atoms with Crippen LogP contribution in [0, 0.1) is 17.3 Å². The lowest BCUT2D eigenvalue weighted by molar-refractivity contribution is -0.364. The predicted molar refractivity (Wildman–Crippen MR) is 91.6 cm³/mol. The molecule has 4 bridgehead atoms. The van der Waals surface area contributed by atoms with Crippen molar-refractivity contribution in [3.05, 3.63) is 12.7 Å². The molecule has 7 nitrogen and oxygen atoms in total. The number of halogens is 6. The third kappa shape index (κ3) is 4.22. The molecule has 14 heteroatoms. The van der Waals surface area contributed by atoms with Gasteiger partial charge in [0.05, 0.1) is 21.3 Å². The normalized spacial score (nSPS) is 32.5. The third-order valence-corrected chi connectivity index (χ3v) is 7.25. The van der Waals surface area contributed by atoms with E-state index in [0.29, 0.717) is 6.42 Å². The quantitative estimate of drug-likeness (QED) is 0.242. The average Bonchev–Trinajstić information content (AvgIpc) is 2.56. The Kier molecular flexibility index (Phi) is 5.69. The van der Waals surface area contributed by atoms with Crippen molar-refractivity contribution in [3.63, 3.8) is 0 Å². The molecule has 2 unspecified atom stereocenters. The van der Waals surface area contributed by atoms with E-state index in [1.807, 2.05) is 0 Å². The lowest BCUT2D eigenvalue weighted by Gasteiger charge is -2.60. The second-order valence-corrected chi connectivity index (χ2v) is 10.4. The number of hydrogen-bond acceptors (Lipinski definition) is 7. The first-order chi connectivity index (χ1) is 14.4. The summed E-state index contributed by atoms with van der Waals surface area (Å²) in [6, 6.07) is 0. The van der Waals surface area contributed by atoms with Crippen LogP contribution in [0.2, 0.25) is 0 Å². The molecule has 0 radical (unpaired) electrons. The van der Waals surface area contributed by atoms with Gasteiger partial charge in [-0.25, -0.2) is 13.2 Å². The van der Waals surface area contributed by atoms with E-state index in [1.54, 1.807) is 0 Å². The van der Waals surface area contributed by atoms with Crippen molar-refractivity contribution in [1.29, 1.82) is 0 Å². The minimum atomic E-state index is -6.44. The van der Waals surface area contributed by atoms with Crippen LogP contribution in [0.15, 0.2) is 12.7 Å². The molecule has 0 spiro atoms. The first-order valence-corrected chi connectivity index (χ1v) is 11.1. The Balaban J connectivity index is 2.01. The van der Waals surface area contributed by atoms with Crippen LogP contribution in [-0.2, 0) is 29.2 Å². The smallest absolute Gasteiger partial charge is 0.438 e. The first-order valence-electron chi connectivity index (χ1n) is 9.52. The second kappa shape index (κ2) is 7.34. The van der Waals surface area contributed by atoms with Crippen molar-refractivity contribution in [2.75, 3.05) is 5.75 Å². The van der Waals surface area contributed by atoms with E-state index >= 15 is 0 Å². The summed E-state index contributed by atoms with van der Waals surface area (Å²) in [7, 11) is -6.13.